The van der Waals surface area contributed by atoms with Crippen molar-refractivity contribution in [1.29, 1.82) is 5.26 Å². The van der Waals surface area contributed by atoms with Crippen molar-refractivity contribution < 1.29 is 8.42 Å². The molecule has 0 aromatic carbocycles. The van der Waals surface area contributed by atoms with Crippen LogP contribution < -0.4 is 0 Å². The van der Waals surface area contributed by atoms with Crippen LogP contribution in [0, 0.1) is 11.3 Å². The maximum absolute atomic E-state index is 12.3. The molecular weight excluding hydrogens is 280 g/mol. The van der Waals surface area contributed by atoms with Crippen LogP contribution in [-0.2, 0) is 10.0 Å². The van der Waals surface area contributed by atoms with Crippen LogP contribution in [0.5, 0.6) is 0 Å². The second kappa shape index (κ2) is 6.04. The minimum Gasteiger partial charge on any atom is -0.212 e. The fourth-order valence-electron chi connectivity index (χ4n) is 2.59. The first-order chi connectivity index (χ1) is 9.04. The van der Waals surface area contributed by atoms with Gasteiger partial charge in [-0.25, -0.2) is 8.42 Å². The van der Waals surface area contributed by atoms with Crippen molar-refractivity contribution in [3.8, 4) is 6.07 Å². The molecule has 0 amide bonds. The SMILES string of the molecule is CC1CC(c2ccsc2)CN1S(=O)(=O)CCCC#N. The standard InChI is InChI=1S/C13H18N2O2S2/c1-11-8-13(12-4-6-18-10-12)9-15(11)19(16,17)7-3-2-5-14/h4,6,10-11,13H,2-3,7-9H2,1H3. The summed E-state index contributed by atoms with van der Waals surface area (Å²) in [6.45, 7) is 2.54. The first kappa shape index (κ1) is 14.5. The van der Waals surface area contributed by atoms with Gasteiger partial charge in [-0.05, 0) is 42.2 Å². The van der Waals surface area contributed by atoms with Gasteiger partial charge in [0, 0.05) is 24.9 Å². The molecule has 2 heterocycles. The van der Waals surface area contributed by atoms with Crippen LogP contribution in [0.1, 0.15) is 37.7 Å². The molecule has 0 radical (unpaired) electrons. The number of nitriles is 1. The van der Waals surface area contributed by atoms with E-state index in [0.717, 1.165) is 6.42 Å². The molecule has 2 unspecified atom stereocenters. The van der Waals surface area contributed by atoms with Crippen LogP contribution in [0.3, 0.4) is 0 Å². The van der Waals surface area contributed by atoms with Crippen molar-refractivity contribution >= 4 is 21.4 Å². The van der Waals surface area contributed by atoms with Crippen molar-refractivity contribution in [2.75, 3.05) is 12.3 Å². The van der Waals surface area contributed by atoms with Gasteiger partial charge in [0.25, 0.3) is 0 Å². The first-order valence-corrected chi connectivity index (χ1v) is 8.98. The average Bonchev–Trinajstić information content (AvgIpc) is 2.97. The lowest BCUT2D eigenvalue weighted by Crippen LogP contribution is -2.35. The molecule has 0 aliphatic carbocycles. The number of sulfonamides is 1. The molecule has 0 bridgehead atoms. The molecule has 1 aliphatic rings. The quantitative estimate of drug-likeness (QED) is 0.785. The van der Waals surface area contributed by atoms with Gasteiger partial charge in [-0.15, -0.1) is 0 Å². The molecule has 104 valence electrons. The van der Waals surface area contributed by atoms with Crippen LogP contribution in [0.25, 0.3) is 0 Å². The van der Waals surface area contributed by atoms with Gasteiger partial charge >= 0.3 is 0 Å². The summed E-state index contributed by atoms with van der Waals surface area (Å²) in [7, 11) is -3.22. The second-order valence-electron chi connectivity index (χ2n) is 4.99. The zero-order valence-corrected chi connectivity index (χ0v) is 12.6. The molecule has 0 saturated carbocycles. The van der Waals surface area contributed by atoms with Gasteiger partial charge in [0.2, 0.25) is 10.0 Å². The molecule has 1 fully saturated rings. The van der Waals surface area contributed by atoms with E-state index in [2.05, 4.69) is 11.4 Å². The molecule has 4 nitrogen and oxygen atoms in total. The predicted octanol–water partition coefficient (Wildman–Crippen LogP) is 2.56. The summed E-state index contributed by atoms with van der Waals surface area (Å²) >= 11 is 1.65. The minimum absolute atomic E-state index is 0.0528. The number of thiophene rings is 1. The van der Waals surface area contributed by atoms with Gasteiger partial charge in [-0.2, -0.15) is 20.9 Å². The molecule has 1 aromatic rings. The lowest BCUT2D eigenvalue weighted by molar-refractivity contribution is 0.406. The zero-order chi connectivity index (χ0) is 13.9. The Kier molecular flexibility index (Phi) is 4.61. The Morgan fingerprint density at radius 1 is 1.58 bits per heavy atom. The highest BCUT2D eigenvalue weighted by molar-refractivity contribution is 7.89. The van der Waals surface area contributed by atoms with E-state index in [1.165, 1.54) is 5.56 Å². The van der Waals surface area contributed by atoms with Gasteiger partial charge in [0.05, 0.1) is 11.8 Å². The van der Waals surface area contributed by atoms with Crippen molar-refractivity contribution in [3.63, 3.8) is 0 Å². The molecule has 6 heteroatoms. The van der Waals surface area contributed by atoms with Crippen molar-refractivity contribution in [2.24, 2.45) is 0 Å². The Morgan fingerprint density at radius 3 is 3.00 bits per heavy atom. The summed E-state index contributed by atoms with van der Waals surface area (Å²) in [4.78, 5) is 0. The van der Waals surface area contributed by atoms with Crippen LogP contribution in [0.15, 0.2) is 16.8 Å². The Balaban J connectivity index is 2.03. The normalized spacial score (nSPS) is 24.4. The maximum Gasteiger partial charge on any atom is 0.214 e. The number of nitrogens with zero attached hydrogens (tertiary/aromatic N) is 2. The van der Waals surface area contributed by atoms with Crippen LogP contribution in [0.2, 0.25) is 0 Å². The Morgan fingerprint density at radius 2 is 2.37 bits per heavy atom. The van der Waals surface area contributed by atoms with Crippen molar-refractivity contribution in [3.05, 3.63) is 22.4 Å². The minimum atomic E-state index is -3.22. The number of rotatable bonds is 5. The predicted molar refractivity (Wildman–Crippen MR) is 76.5 cm³/mol. The van der Waals surface area contributed by atoms with Crippen molar-refractivity contribution in [2.45, 2.75) is 38.1 Å². The number of hydrogen-bond donors (Lipinski definition) is 0. The van der Waals surface area contributed by atoms with Gasteiger partial charge in [-0.1, -0.05) is 0 Å². The van der Waals surface area contributed by atoms with Gasteiger partial charge in [0.15, 0.2) is 0 Å². The summed E-state index contributed by atoms with van der Waals surface area (Å²) in [6, 6.07) is 4.12. The third-order valence-corrected chi connectivity index (χ3v) is 6.31. The lowest BCUT2D eigenvalue weighted by Gasteiger charge is -2.20. The van der Waals surface area contributed by atoms with E-state index in [0.29, 0.717) is 25.3 Å². The topological polar surface area (TPSA) is 61.2 Å². The Labute approximate surface area is 118 Å². The molecular formula is C13H18N2O2S2. The Bertz CT molecular complexity index is 546. The van der Waals surface area contributed by atoms with E-state index in [9.17, 15) is 8.42 Å². The summed E-state index contributed by atoms with van der Waals surface area (Å²) in [5, 5.41) is 12.6. The largest absolute Gasteiger partial charge is 0.214 e. The van der Waals surface area contributed by atoms with Crippen molar-refractivity contribution in [1.82, 2.24) is 4.31 Å². The molecule has 0 N–H and O–H groups in total. The highest BCUT2D eigenvalue weighted by atomic mass is 32.2. The molecule has 19 heavy (non-hydrogen) atoms. The molecule has 0 spiro atoms. The Hall–Kier alpha value is -0.900. The van der Waals surface area contributed by atoms with Gasteiger partial charge < -0.3 is 0 Å². The van der Waals surface area contributed by atoms with E-state index in [-0.39, 0.29) is 11.8 Å². The second-order valence-corrected chi connectivity index (χ2v) is 7.81. The maximum atomic E-state index is 12.3. The smallest absolute Gasteiger partial charge is 0.212 e. The monoisotopic (exact) mass is 298 g/mol. The fraction of sp³-hybridized carbons (Fsp3) is 0.615. The first-order valence-electron chi connectivity index (χ1n) is 6.43. The molecule has 2 rings (SSSR count). The summed E-state index contributed by atoms with van der Waals surface area (Å²) in [6.07, 6.45) is 1.61. The third-order valence-electron chi connectivity index (χ3n) is 3.58. The zero-order valence-electron chi connectivity index (χ0n) is 10.9. The molecule has 2 atom stereocenters. The molecule has 1 aromatic heterocycles. The summed E-state index contributed by atoms with van der Waals surface area (Å²) in [5.41, 5.74) is 1.24. The van der Waals surface area contributed by atoms with E-state index in [4.69, 9.17) is 5.26 Å². The molecule has 1 saturated heterocycles. The third kappa shape index (κ3) is 3.35. The highest BCUT2D eigenvalue weighted by Gasteiger charge is 2.37. The van der Waals surface area contributed by atoms with Gasteiger partial charge in [0.1, 0.15) is 0 Å². The number of hydrogen-bond acceptors (Lipinski definition) is 4. The summed E-state index contributed by atoms with van der Waals surface area (Å²) < 4.78 is 26.1. The highest BCUT2D eigenvalue weighted by Crippen LogP contribution is 2.34. The van der Waals surface area contributed by atoms with E-state index < -0.39 is 10.0 Å². The van der Waals surface area contributed by atoms with E-state index >= 15 is 0 Å². The van der Waals surface area contributed by atoms with Crippen LogP contribution in [0.4, 0.5) is 0 Å². The van der Waals surface area contributed by atoms with Crippen LogP contribution in [-0.4, -0.2) is 31.1 Å². The number of unbranched alkanes of at least 4 members (excludes halogenated alkanes) is 1. The fourth-order valence-corrected chi connectivity index (χ4v) is 5.12. The van der Waals surface area contributed by atoms with Gasteiger partial charge in [-0.3, -0.25) is 0 Å². The molecule has 1 aliphatic heterocycles. The summed E-state index contributed by atoms with van der Waals surface area (Å²) in [5.74, 6) is 0.397. The van der Waals surface area contributed by atoms with E-state index in [1.54, 1.807) is 15.6 Å². The van der Waals surface area contributed by atoms with Crippen LogP contribution >= 0.6 is 11.3 Å². The van der Waals surface area contributed by atoms with E-state index in [1.807, 2.05) is 18.4 Å². The lowest BCUT2D eigenvalue weighted by atomic mass is 10.00. The average molecular weight is 298 g/mol.